The van der Waals surface area contributed by atoms with Gasteiger partial charge in [0.1, 0.15) is 17.2 Å². The molecule has 3 heterocycles. The molecule has 1 atom stereocenters. The zero-order valence-electron chi connectivity index (χ0n) is 20.5. The molecule has 36 heavy (non-hydrogen) atoms. The van der Waals surface area contributed by atoms with E-state index >= 15 is 0 Å². The zero-order chi connectivity index (χ0) is 26.0. The van der Waals surface area contributed by atoms with Crippen molar-refractivity contribution >= 4 is 23.4 Å². The van der Waals surface area contributed by atoms with Crippen LogP contribution < -0.4 is 4.74 Å². The lowest BCUT2D eigenvalue weighted by Gasteiger charge is -2.25. The number of rotatable bonds is 7. The van der Waals surface area contributed by atoms with Crippen LogP contribution in [-0.2, 0) is 20.9 Å². The topological polar surface area (TPSA) is 122 Å². The molecule has 1 aliphatic rings. The average molecular weight is 490 g/mol. The first-order chi connectivity index (χ1) is 17.3. The molecule has 1 saturated heterocycles. The summed E-state index contributed by atoms with van der Waals surface area (Å²) < 4.78 is 10.4. The van der Waals surface area contributed by atoms with Gasteiger partial charge in [0.05, 0.1) is 25.3 Å². The Morgan fingerprint density at radius 1 is 1.17 bits per heavy atom. The molecule has 2 aromatic heterocycles. The number of carbonyl (C=O) groups is 3. The van der Waals surface area contributed by atoms with Gasteiger partial charge in [-0.05, 0) is 55.7 Å². The molecule has 0 unspecified atom stereocenters. The summed E-state index contributed by atoms with van der Waals surface area (Å²) in [5.74, 6) is -1.87. The molecule has 0 bridgehead atoms. The van der Waals surface area contributed by atoms with Gasteiger partial charge in [0.2, 0.25) is 0 Å². The fraction of sp³-hybridized carbons (Fsp3) is 0.259. The third kappa shape index (κ3) is 4.35. The number of H-pyrrole nitrogens is 1. The second-order valence-electron chi connectivity index (χ2n) is 8.41. The number of carbonyl (C=O) groups excluding carboxylic acids is 3. The quantitative estimate of drug-likeness (QED) is 0.224. The molecule has 0 saturated carbocycles. The van der Waals surface area contributed by atoms with Crippen molar-refractivity contribution in [3.8, 4) is 5.75 Å². The molecule has 1 amide bonds. The summed E-state index contributed by atoms with van der Waals surface area (Å²) in [7, 11) is 1.26. The lowest BCUT2D eigenvalue weighted by molar-refractivity contribution is -0.140. The Hall–Kier alpha value is -4.40. The van der Waals surface area contributed by atoms with Crippen molar-refractivity contribution in [1.82, 2.24) is 14.9 Å². The minimum atomic E-state index is -0.865. The number of nitrogens with zero attached hydrogens (tertiary/aromatic N) is 2. The number of aliphatic hydroxyl groups is 1. The Morgan fingerprint density at radius 3 is 2.50 bits per heavy atom. The zero-order valence-corrected chi connectivity index (χ0v) is 20.5. The maximum atomic E-state index is 13.3. The maximum absolute atomic E-state index is 13.3. The summed E-state index contributed by atoms with van der Waals surface area (Å²) in [6.45, 7) is 5.80. The Bertz CT molecular complexity index is 1340. The van der Waals surface area contributed by atoms with Crippen LogP contribution in [0.25, 0.3) is 5.76 Å². The minimum absolute atomic E-state index is 0.0605. The highest BCUT2D eigenvalue weighted by atomic mass is 16.5. The third-order valence-electron chi connectivity index (χ3n) is 6.19. The predicted octanol–water partition coefficient (Wildman–Crippen LogP) is 3.83. The van der Waals surface area contributed by atoms with Gasteiger partial charge in [0.25, 0.3) is 11.7 Å². The van der Waals surface area contributed by atoms with Crippen LogP contribution in [0.2, 0.25) is 0 Å². The molecule has 3 aromatic rings. The maximum Gasteiger partial charge on any atom is 0.354 e. The number of likely N-dealkylation sites (tertiary alicyclic amines) is 1. The molecule has 0 spiro atoms. The number of Topliss-reactive ketones (excluding diaryl/α,β-unsaturated/α-hetero) is 1. The van der Waals surface area contributed by atoms with Crippen LogP contribution in [0.3, 0.4) is 0 Å². The van der Waals surface area contributed by atoms with Crippen LogP contribution in [0.4, 0.5) is 0 Å². The number of methoxy groups -OCH3 is 1. The van der Waals surface area contributed by atoms with Crippen LogP contribution in [0.15, 0.2) is 54.4 Å². The molecule has 4 rings (SSSR count). The summed E-state index contributed by atoms with van der Waals surface area (Å²) in [4.78, 5) is 47.2. The molecule has 1 aliphatic heterocycles. The fourth-order valence-corrected chi connectivity index (χ4v) is 4.54. The number of benzene rings is 1. The van der Waals surface area contributed by atoms with Gasteiger partial charge in [0, 0.05) is 30.2 Å². The molecule has 2 N–H and O–H groups in total. The molecule has 9 heteroatoms. The number of esters is 1. The van der Waals surface area contributed by atoms with E-state index in [2.05, 4.69) is 9.97 Å². The molecule has 0 aliphatic carbocycles. The number of ketones is 1. The van der Waals surface area contributed by atoms with E-state index in [1.54, 1.807) is 56.6 Å². The van der Waals surface area contributed by atoms with E-state index in [9.17, 15) is 19.5 Å². The number of aryl methyl sites for hydroxylation is 1. The van der Waals surface area contributed by atoms with E-state index in [4.69, 9.17) is 9.47 Å². The van der Waals surface area contributed by atoms with E-state index in [0.29, 0.717) is 29.2 Å². The average Bonchev–Trinajstić information content (AvgIpc) is 3.32. The van der Waals surface area contributed by atoms with Crippen molar-refractivity contribution in [2.24, 2.45) is 0 Å². The normalized spacial score (nSPS) is 16.9. The van der Waals surface area contributed by atoms with Gasteiger partial charge in [0.15, 0.2) is 0 Å². The Kier molecular flexibility index (Phi) is 6.91. The van der Waals surface area contributed by atoms with Crippen molar-refractivity contribution in [1.29, 1.82) is 0 Å². The number of pyridine rings is 1. The van der Waals surface area contributed by atoms with Crippen molar-refractivity contribution in [2.45, 2.75) is 33.4 Å². The number of nitrogens with one attached hydrogen (secondary N) is 1. The molecule has 1 aromatic carbocycles. The van der Waals surface area contributed by atoms with Gasteiger partial charge >= 0.3 is 5.97 Å². The first-order valence-electron chi connectivity index (χ1n) is 11.5. The van der Waals surface area contributed by atoms with Crippen molar-refractivity contribution in [3.05, 3.63) is 88.0 Å². The summed E-state index contributed by atoms with van der Waals surface area (Å²) in [6.07, 6.45) is 3.25. The number of amides is 1. The highest BCUT2D eigenvalue weighted by Crippen LogP contribution is 2.42. The molecule has 1 fully saturated rings. The third-order valence-corrected chi connectivity index (χ3v) is 6.19. The second kappa shape index (κ2) is 10.1. The summed E-state index contributed by atoms with van der Waals surface area (Å²) in [5, 5.41) is 11.5. The lowest BCUT2D eigenvalue weighted by Crippen LogP contribution is -2.29. The summed E-state index contributed by atoms with van der Waals surface area (Å²) in [5.41, 5.74) is 2.63. The fourth-order valence-electron chi connectivity index (χ4n) is 4.54. The van der Waals surface area contributed by atoms with E-state index in [1.807, 2.05) is 13.0 Å². The predicted molar refractivity (Wildman–Crippen MR) is 131 cm³/mol. The van der Waals surface area contributed by atoms with Crippen LogP contribution in [0, 0.1) is 13.8 Å². The number of aromatic nitrogens is 2. The lowest BCUT2D eigenvalue weighted by atomic mass is 9.94. The van der Waals surface area contributed by atoms with Crippen molar-refractivity contribution in [3.63, 3.8) is 0 Å². The Balaban J connectivity index is 1.89. The number of aliphatic hydroxyl groups excluding tert-OH is 1. The van der Waals surface area contributed by atoms with Gasteiger partial charge in [-0.15, -0.1) is 0 Å². The van der Waals surface area contributed by atoms with E-state index in [1.165, 1.54) is 12.0 Å². The van der Waals surface area contributed by atoms with E-state index < -0.39 is 23.7 Å². The number of hydrogen-bond acceptors (Lipinski definition) is 7. The highest BCUT2D eigenvalue weighted by molar-refractivity contribution is 6.46. The van der Waals surface area contributed by atoms with Crippen LogP contribution in [0.5, 0.6) is 5.75 Å². The second-order valence-corrected chi connectivity index (χ2v) is 8.41. The molecule has 186 valence electrons. The molecular formula is C27H27N3O6. The number of ether oxygens (including phenoxy) is 2. The van der Waals surface area contributed by atoms with Gasteiger partial charge in [-0.2, -0.15) is 0 Å². The monoisotopic (exact) mass is 489 g/mol. The summed E-state index contributed by atoms with van der Waals surface area (Å²) >= 11 is 0. The van der Waals surface area contributed by atoms with Crippen LogP contribution >= 0.6 is 0 Å². The Labute approximate surface area is 208 Å². The molecule has 0 radical (unpaired) electrons. The highest BCUT2D eigenvalue weighted by Gasteiger charge is 2.46. The number of aromatic amines is 1. The molecule has 9 nitrogen and oxygen atoms in total. The smallest absolute Gasteiger partial charge is 0.354 e. The van der Waals surface area contributed by atoms with Gasteiger partial charge in [-0.1, -0.05) is 18.2 Å². The first kappa shape index (κ1) is 24.7. The molecular weight excluding hydrogens is 462 g/mol. The van der Waals surface area contributed by atoms with Gasteiger partial charge in [-0.3, -0.25) is 14.6 Å². The van der Waals surface area contributed by atoms with Gasteiger partial charge < -0.3 is 24.5 Å². The summed E-state index contributed by atoms with van der Waals surface area (Å²) in [6, 6.07) is 9.74. The SMILES string of the molecule is CCOc1ccc([C@H]2C(=C(O)c3c(C)[nH]c(C(=O)OC)c3C)C(=O)C(=O)N2Cc2cccnc2)cc1. The van der Waals surface area contributed by atoms with Crippen molar-refractivity contribution in [2.75, 3.05) is 13.7 Å². The largest absolute Gasteiger partial charge is 0.507 e. The minimum Gasteiger partial charge on any atom is -0.507 e. The van der Waals surface area contributed by atoms with Crippen molar-refractivity contribution < 1.29 is 29.0 Å². The van der Waals surface area contributed by atoms with Gasteiger partial charge in [-0.25, -0.2) is 4.79 Å². The van der Waals surface area contributed by atoms with Crippen LogP contribution in [-0.4, -0.2) is 51.4 Å². The van der Waals surface area contributed by atoms with Crippen LogP contribution in [0.1, 0.15) is 51.4 Å². The standard InChI is InChI=1S/C27H27N3O6/c1-5-36-19-10-8-18(9-11-19)23-21(24(31)20-15(2)22(27(34)35-4)29-16(20)3)25(32)26(33)30(23)14-17-7-6-12-28-13-17/h6-13,23,29,31H,5,14H2,1-4H3/t23-/m0/s1. The van der Waals surface area contributed by atoms with E-state index in [-0.39, 0.29) is 29.1 Å². The van der Waals surface area contributed by atoms with E-state index in [0.717, 1.165) is 5.56 Å². The Morgan fingerprint density at radius 2 is 1.89 bits per heavy atom. The first-order valence-corrected chi connectivity index (χ1v) is 11.5. The number of hydrogen-bond donors (Lipinski definition) is 2.